The van der Waals surface area contributed by atoms with E-state index in [-0.39, 0.29) is 11.6 Å². The van der Waals surface area contributed by atoms with Crippen molar-refractivity contribution in [3.05, 3.63) is 42.5 Å². The Morgan fingerprint density at radius 2 is 2.08 bits per heavy atom. The first kappa shape index (κ1) is 17.4. The van der Waals surface area contributed by atoms with Crippen molar-refractivity contribution < 1.29 is 4.79 Å². The van der Waals surface area contributed by atoms with Gasteiger partial charge in [-0.05, 0) is 39.7 Å². The van der Waals surface area contributed by atoms with E-state index < -0.39 is 0 Å². The van der Waals surface area contributed by atoms with Gasteiger partial charge in [0.1, 0.15) is 5.82 Å². The van der Waals surface area contributed by atoms with Crippen molar-refractivity contribution >= 4 is 6.03 Å². The molecule has 3 heterocycles. The number of piperidine rings is 1. The minimum atomic E-state index is -0.0565. The highest BCUT2D eigenvalue weighted by atomic mass is 16.2. The number of nitrogens with one attached hydrogen (secondary N) is 1. The molecule has 25 heavy (non-hydrogen) atoms. The third-order valence-electron chi connectivity index (χ3n) is 4.53. The van der Waals surface area contributed by atoms with Gasteiger partial charge in [0.25, 0.3) is 0 Å². The maximum absolute atomic E-state index is 12.5. The van der Waals surface area contributed by atoms with Crippen LogP contribution in [0.15, 0.2) is 31.0 Å². The Bertz CT molecular complexity index is 706. The van der Waals surface area contributed by atoms with Crippen LogP contribution in [-0.4, -0.2) is 43.5 Å². The van der Waals surface area contributed by atoms with Crippen LogP contribution in [-0.2, 0) is 12.1 Å². The lowest BCUT2D eigenvalue weighted by Gasteiger charge is -2.35. The van der Waals surface area contributed by atoms with Gasteiger partial charge in [-0.1, -0.05) is 0 Å². The van der Waals surface area contributed by atoms with Crippen LogP contribution in [0.3, 0.4) is 0 Å². The topological polar surface area (TPSA) is 75.9 Å². The van der Waals surface area contributed by atoms with Gasteiger partial charge in [-0.2, -0.15) is 0 Å². The molecule has 0 aromatic carbocycles. The fourth-order valence-corrected chi connectivity index (χ4v) is 3.26. The predicted molar refractivity (Wildman–Crippen MR) is 95.0 cm³/mol. The van der Waals surface area contributed by atoms with E-state index in [2.05, 4.69) is 45.6 Å². The van der Waals surface area contributed by atoms with Crippen molar-refractivity contribution in [2.45, 2.75) is 51.6 Å². The third kappa shape index (κ3) is 4.15. The second-order valence-corrected chi connectivity index (χ2v) is 7.47. The summed E-state index contributed by atoms with van der Waals surface area (Å²) in [6.45, 7) is 8.35. The third-order valence-corrected chi connectivity index (χ3v) is 4.53. The van der Waals surface area contributed by atoms with Crippen molar-refractivity contribution in [1.82, 2.24) is 29.7 Å². The van der Waals surface area contributed by atoms with E-state index in [0.29, 0.717) is 24.8 Å². The summed E-state index contributed by atoms with van der Waals surface area (Å²) < 4.78 is 2.22. The first-order valence-corrected chi connectivity index (χ1v) is 8.76. The largest absolute Gasteiger partial charge is 0.331 e. The minimum Gasteiger partial charge on any atom is -0.331 e. The van der Waals surface area contributed by atoms with Crippen molar-refractivity contribution in [2.75, 3.05) is 13.1 Å². The smallest absolute Gasteiger partial charge is 0.317 e. The molecule has 0 bridgehead atoms. The average Bonchev–Trinajstić information content (AvgIpc) is 3.11. The lowest BCUT2D eigenvalue weighted by molar-refractivity contribution is 0.176. The Kier molecular flexibility index (Phi) is 5.01. The second-order valence-electron chi connectivity index (χ2n) is 7.47. The molecule has 2 aromatic rings. The quantitative estimate of drug-likeness (QED) is 0.930. The molecule has 7 nitrogen and oxygen atoms in total. The molecule has 0 saturated carbocycles. The van der Waals surface area contributed by atoms with E-state index in [4.69, 9.17) is 0 Å². The molecule has 1 fully saturated rings. The highest BCUT2D eigenvalue weighted by Crippen LogP contribution is 2.29. The number of carbonyl (C=O) groups excluding carboxylic acids is 1. The van der Waals surface area contributed by atoms with Crippen LogP contribution in [0, 0.1) is 0 Å². The molecule has 1 aliphatic heterocycles. The predicted octanol–water partition coefficient (Wildman–Crippen LogP) is 2.52. The molecule has 0 radical (unpaired) electrons. The van der Waals surface area contributed by atoms with E-state index in [9.17, 15) is 4.79 Å². The zero-order valence-electron chi connectivity index (χ0n) is 15.1. The Balaban J connectivity index is 1.63. The molecule has 1 N–H and O–H groups in total. The van der Waals surface area contributed by atoms with E-state index in [1.54, 1.807) is 18.5 Å². The number of imidazole rings is 1. The lowest BCUT2D eigenvalue weighted by Crippen LogP contribution is -2.45. The van der Waals surface area contributed by atoms with Crippen LogP contribution < -0.4 is 5.32 Å². The number of hydrogen-bond donors (Lipinski definition) is 1. The SMILES string of the molecule is CC(C)(C)n1cncc1C1CCCN(C(=O)NCc2ncccn2)C1. The van der Waals surface area contributed by atoms with Gasteiger partial charge in [-0.3, -0.25) is 0 Å². The second kappa shape index (κ2) is 7.21. The van der Waals surface area contributed by atoms with Gasteiger partial charge < -0.3 is 14.8 Å². The summed E-state index contributed by atoms with van der Waals surface area (Å²) in [6, 6.07) is 1.71. The summed E-state index contributed by atoms with van der Waals surface area (Å²) in [5.74, 6) is 0.935. The maximum atomic E-state index is 12.5. The molecular weight excluding hydrogens is 316 g/mol. The summed E-state index contributed by atoms with van der Waals surface area (Å²) in [6.07, 6.45) is 9.26. The van der Waals surface area contributed by atoms with Gasteiger partial charge in [0.05, 0.1) is 12.9 Å². The zero-order chi connectivity index (χ0) is 17.9. The molecule has 2 aromatic heterocycles. The monoisotopic (exact) mass is 342 g/mol. The number of carbonyl (C=O) groups is 1. The van der Waals surface area contributed by atoms with Crippen LogP contribution >= 0.6 is 0 Å². The van der Waals surface area contributed by atoms with Crippen LogP contribution in [0.4, 0.5) is 4.79 Å². The Morgan fingerprint density at radius 3 is 2.80 bits per heavy atom. The number of amides is 2. The summed E-state index contributed by atoms with van der Waals surface area (Å²) in [5.41, 5.74) is 1.19. The lowest BCUT2D eigenvalue weighted by atomic mass is 9.94. The highest BCUT2D eigenvalue weighted by Gasteiger charge is 2.28. The summed E-state index contributed by atoms with van der Waals surface area (Å²) >= 11 is 0. The number of likely N-dealkylation sites (tertiary alicyclic amines) is 1. The molecule has 0 spiro atoms. The van der Waals surface area contributed by atoms with Crippen LogP contribution in [0.2, 0.25) is 0 Å². The molecule has 1 saturated heterocycles. The number of rotatable bonds is 3. The molecule has 7 heteroatoms. The van der Waals surface area contributed by atoms with Crippen molar-refractivity contribution in [3.63, 3.8) is 0 Å². The first-order chi connectivity index (χ1) is 11.9. The fourth-order valence-electron chi connectivity index (χ4n) is 3.26. The number of urea groups is 1. The zero-order valence-corrected chi connectivity index (χ0v) is 15.1. The van der Waals surface area contributed by atoms with E-state index in [0.717, 1.165) is 19.4 Å². The molecular formula is C18H26N6O. The van der Waals surface area contributed by atoms with Crippen molar-refractivity contribution in [2.24, 2.45) is 0 Å². The van der Waals surface area contributed by atoms with Gasteiger partial charge in [-0.25, -0.2) is 19.7 Å². The Labute approximate surface area is 148 Å². The molecule has 1 aliphatic rings. The van der Waals surface area contributed by atoms with E-state index >= 15 is 0 Å². The van der Waals surface area contributed by atoms with Gasteiger partial charge >= 0.3 is 6.03 Å². The average molecular weight is 342 g/mol. The van der Waals surface area contributed by atoms with E-state index in [1.165, 1.54) is 5.69 Å². The fraction of sp³-hybridized carbons (Fsp3) is 0.556. The molecule has 0 aliphatic carbocycles. The van der Waals surface area contributed by atoms with Gasteiger partial charge in [0.15, 0.2) is 0 Å². The van der Waals surface area contributed by atoms with Gasteiger partial charge in [-0.15, -0.1) is 0 Å². The summed E-state index contributed by atoms with van der Waals surface area (Å²) in [5, 5.41) is 2.92. The number of hydrogen-bond acceptors (Lipinski definition) is 4. The van der Waals surface area contributed by atoms with Crippen molar-refractivity contribution in [3.8, 4) is 0 Å². The molecule has 1 unspecified atom stereocenters. The number of nitrogens with zero attached hydrogens (tertiary/aromatic N) is 5. The van der Waals surface area contributed by atoms with Gasteiger partial charge in [0, 0.05) is 48.8 Å². The van der Waals surface area contributed by atoms with Crippen molar-refractivity contribution in [1.29, 1.82) is 0 Å². The highest BCUT2D eigenvalue weighted by molar-refractivity contribution is 5.74. The first-order valence-electron chi connectivity index (χ1n) is 8.76. The standard InChI is InChI=1S/C18H26N6O/c1-18(2,3)24-13-19-10-15(24)14-6-4-9-23(12-14)17(25)22-11-16-20-7-5-8-21-16/h5,7-8,10,13-14H,4,6,9,11-12H2,1-3H3,(H,22,25). The molecule has 3 rings (SSSR count). The number of aromatic nitrogens is 4. The summed E-state index contributed by atoms with van der Waals surface area (Å²) in [4.78, 5) is 27.0. The molecule has 134 valence electrons. The van der Waals surface area contributed by atoms with Crippen LogP contribution in [0.25, 0.3) is 0 Å². The van der Waals surface area contributed by atoms with Crippen LogP contribution in [0.1, 0.15) is 51.0 Å². The van der Waals surface area contributed by atoms with Gasteiger partial charge in [0.2, 0.25) is 0 Å². The summed E-state index contributed by atoms with van der Waals surface area (Å²) in [7, 11) is 0. The van der Waals surface area contributed by atoms with Crippen LogP contribution in [0.5, 0.6) is 0 Å². The minimum absolute atomic E-state index is 0.0129. The van der Waals surface area contributed by atoms with E-state index in [1.807, 2.05) is 17.4 Å². The Hall–Kier alpha value is -2.44. The molecule has 1 atom stereocenters. The maximum Gasteiger partial charge on any atom is 0.317 e. The molecule has 2 amide bonds. The normalized spacial score (nSPS) is 18.2. The Morgan fingerprint density at radius 1 is 1.32 bits per heavy atom.